The Morgan fingerprint density at radius 1 is 1.31 bits per heavy atom. The van der Waals surface area contributed by atoms with Gasteiger partial charge in [0.05, 0.1) is 18.6 Å². The summed E-state index contributed by atoms with van der Waals surface area (Å²) < 4.78 is 3.03. The smallest absolute Gasteiger partial charge is 0.264 e. The number of nitrogens with zero attached hydrogens (tertiary/aromatic N) is 4. The van der Waals surface area contributed by atoms with Crippen molar-refractivity contribution in [1.82, 2.24) is 24.6 Å². The molecule has 4 rings (SSSR count). The first-order valence-corrected chi connectivity index (χ1v) is 8.85. The topological polar surface area (TPSA) is 81.8 Å². The Bertz CT molecular complexity index is 988. The molecule has 2 heterocycles. The molecule has 7 nitrogen and oxygen atoms in total. The molecule has 0 spiro atoms. The second-order valence-corrected chi connectivity index (χ2v) is 6.79. The van der Waals surface area contributed by atoms with E-state index < -0.39 is 0 Å². The van der Waals surface area contributed by atoms with E-state index in [9.17, 15) is 9.59 Å². The molecule has 26 heavy (non-hydrogen) atoms. The molecule has 1 aromatic carbocycles. The molecule has 1 saturated carbocycles. The second kappa shape index (κ2) is 6.74. The number of aryl methyl sites for hydroxylation is 2. The van der Waals surface area contributed by atoms with Crippen molar-refractivity contribution < 1.29 is 4.79 Å². The molecule has 134 valence electrons. The molecule has 1 fully saturated rings. The van der Waals surface area contributed by atoms with Crippen LogP contribution >= 0.6 is 0 Å². The van der Waals surface area contributed by atoms with Crippen molar-refractivity contribution in [3.05, 3.63) is 58.8 Å². The molecule has 1 N–H and O–H groups in total. The van der Waals surface area contributed by atoms with Crippen molar-refractivity contribution in [3.63, 3.8) is 0 Å². The fourth-order valence-corrected chi connectivity index (χ4v) is 3.26. The standard InChI is InChI=1S/C19H21N5O2/c1-23-18-15(11-21-23)19(26)24(12-20-18)10-9-16(25)22-17(14-7-8-14)13-5-3-2-4-6-13/h2-6,11-12,14,17H,7-10H2,1H3,(H,22,25)/t17-/m1/s1. The summed E-state index contributed by atoms with van der Waals surface area (Å²) in [4.78, 5) is 29.2. The van der Waals surface area contributed by atoms with Gasteiger partial charge in [-0.2, -0.15) is 5.10 Å². The lowest BCUT2D eigenvalue weighted by Crippen LogP contribution is -2.31. The van der Waals surface area contributed by atoms with Gasteiger partial charge in [-0.15, -0.1) is 0 Å². The fourth-order valence-electron chi connectivity index (χ4n) is 3.26. The van der Waals surface area contributed by atoms with Gasteiger partial charge in [-0.3, -0.25) is 18.8 Å². The maximum Gasteiger partial charge on any atom is 0.264 e. The first kappa shape index (κ1) is 16.5. The van der Waals surface area contributed by atoms with Gasteiger partial charge in [0.25, 0.3) is 5.56 Å². The molecule has 1 aliphatic carbocycles. The lowest BCUT2D eigenvalue weighted by molar-refractivity contribution is -0.122. The van der Waals surface area contributed by atoms with Crippen molar-refractivity contribution in [2.45, 2.75) is 31.8 Å². The highest BCUT2D eigenvalue weighted by molar-refractivity contribution is 5.76. The van der Waals surface area contributed by atoms with Crippen molar-refractivity contribution >= 4 is 16.9 Å². The Kier molecular flexibility index (Phi) is 4.28. The molecule has 1 amide bonds. The predicted octanol–water partition coefficient (Wildman–Crippen LogP) is 1.79. The number of carbonyl (C=O) groups excluding carboxylic acids is 1. The Balaban J connectivity index is 1.44. The summed E-state index contributed by atoms with van der Waals surface area (Å²) in [6.45, 7) is 0.300. The van der Waals surface area contributed by atoms with Gasteiger partial charge in [-0.05, 0) is 24.3 Å². The minimum absolute atomic E-state index is 0.0519. The van der Waals surface area contributed by atoms with E-state index in [4.69, 9.17) is 0 Å². The van der Waals surface area contributed by atoms with Crippen LogP contribution in [0.15, 0.2) is 47.7 Å². The highest BCUT2D eigenvalue weighted by Gasteiger charge is 2.33. The molecule has 1 atom stereocenters. The van der Waals surface area contributed by atoms with Gasteiger partial charge in [-0.25, -0.2) is 4.98 Å². The van der Waals surface area contributed by atoms with Crippen LogP contribution in [0.1, 0.15) is 30.9 Å². The van der Waals surface area contributed by atoms with Gasteiger partial charge >= 0.3 is 0 Å². The monoisotopic (exact) mass is 351 g/mol. The van der Waals surface area contributed by atoms with Crippen LogP contribution in [0.25, 0.3) is 11.0 Å². The van der Waals surface area contributed by atoms with E-state index in [0.717, 1.165) is 18.4 Å². The van der Waals surface area contributed by atoms with E-state index in [0.29, 0.717) is 23.5 Å². The number of carbonyl (C=O) groups is 1. The van der Waals surface area contributed by atoms with Crippen LogP contribution in [-0.2, 0) is 18.4 Å². The van der Waals surface area contributed by atoms with E-state index in [-0.39, 0.29) is 23.9 Å². The minimum atomic E-state index is -0.169. The molecule has 1 aliphatic rings. The molecule has 0 radical (unpaired) electrons. The number of fused-ring (bicyclic) bond motifs is 1. The van der Waals surface area contributed by atoms with Crippen LogP contribution in [0.5, 0.6) is 0 Å². The van der Waals surface area contributed by atoms with Crippen LogP contribution in [0.4, 0.5) is 0 Å². The Morgan fingerprint density at radius 2 is 2.08 bits per heavy atom. The van der Waals surface area contributed by atoms with Crippen LogP contribution in [0, 0.1) is 5.92 Å². The minimum Gasteiger partial charge on any atom is -0.349 e. The molecular weight excluding hydrogens is 330 g/mol. The van der Waals surface area contributed by atoms with Gasteiger partial charge in [0.15, 0.2) is 5.65 Å². The first-order chi connectivity index (χ1) is 12.6. The van der Waals surface area contributed by atoms with E-state index >= 15 is 0 Å². The largest absolute Gasteiger partial charge is 0.349 e. The summed E-state index contributed by atoms with van der Waals surface area (Å²) in [5.41, 5.74) is 1.52. The maximum absolute atomic E-state index is 12.5. The number of amides is 1. The number of benzene rings is 1. The zero-order valence-corrected chi connectivity index (χ0v) is 14.6. The Labute approximate surface area is 150 Å². The summed E-state index contributed by atoms with van der Waals surface area (Å²) in [5, 5.41) is 7.66. The van der Waals surface area contributed by atoms with E-state index in [1.807, 2.05) is 30.3 Å². The van der Waals surface area contributed by atoms with Crippen molar-refractivity contribution in [1.29, 1.82) is 0 Å². The molecule has 0 aliphatic heterocycles. The second-order valence-electron chi connectivity index (χ2n) is 6.79. The third-order valence-electron chi connectivity index (χ3n) is 4.87. The molecular formula is C19H21N5O2. The number of nitrogens with one attached hydrogen (secondary N) is 1. The Morgan fingerprint density at radius 3 is 2.81 bits per heavy atom. The number of aromatic nitrogens is 4. The van der Waals surface area contributed by atoms with Crippen molar-refractivity contribution in [3.8, 4) is 0 Å². The summed E-state index contributed by atoms with van der Waals surface area (Å²) in [6.07, 6.45) is 5.51. The zero-order chi connectivity index (χ0) is 18.1. The average molecular weight is 351 g/mol. The van der Waals surface area contributed by atoms with Gasteiger partial charge in [0.2, 0.25) is 5.91 Å². The fraction of sp³-hybridized carbons (Fsp3) is 0.368. The molecule has 0 bridgehead atoms. The van der Waals surface area contributed by atoms with Crippen molar-refractivity contribution in [2.24, 2.45) is 13.0 Å². The van der Waals surface area contributed by atoms with Crippen LogP contribution < -0.4 is 10.9 Å². The third kappa shape index (κ3) is 3.24. The van der Waals surface area contributed by atoms with Crippen molar-refractivity contribution in [2.75, 3.05) is 0 Å². The SMILES string of the molecule is Cn1ncc2c(=O)n(CCC(=O)N[C@H](c3ccccc3)C3CC3)cnc21. The summed E-state index contributed by atoms with van der Waals surface area (Å²) in [5.74, 6) is 0.460. The zero-order valence-electron chi connectivity index (χ0n) is 14.6. The van der Waals surface area contributed by atoms with Gasteiger partial charge in [0, 0.05) is 20.0 Å². The quantitative estimate of drug-likeness (QED) is 0.734. The van der Waals surface area contributed by atoms with E-state index in [2.05, 4.69) is 15.4 Å². The normalized spacial score (nSPS) is 15.1. The average Bonchev–Trinajstić information content (AvgIpc) is 3.43. The highest BCUT2D eigenvalue weighted by Crippen LogP contribution is 2.40. The number of rotatable bonds is 6. The van der Waals surface area contributed by atoms with Crippen LogP contribution in [-0.4, -0.2) is 25.2 Å². The highest BCUT2D eigenvalue weighted by atomic mass is 16.2. The number of hydrogen-bond donors (Lipinski definition) is 1. The van der Waals surface area contributed by atoms with Gasteiger partial charge < -0.3 is 5.32 Å². The van der Waals surface area contributed by atoms with Gasteiger partial charge in [0.1, 0.15) is 5.39 Å². The Hall–Kier alpha value is -2.96. The molecule has 2 aromatic heterocycles. The number of hydrogen-bond acceptors (Lipinski definition) is 4. The summed E-state index contributed by atoms with van der Waals surface area (Å²) in [6, 6.07) is 10.1. The third-order valence-corrected chi connectivity index (χ3v) is 4.87. The molecule has 0 unspecified atom stereocenters. The summed E-state index contributed by atoms with van der Waals surface area (Å²) >= 11 is 0. The molecule has 7 heteroatoms. The lowest BCUT2D eigenvalue weighted by Gasteiger charge is -2.19. The maximum atomic E-state index is 12.5. The molecule has 0 saturated heterocycles. The summed E-state index contributed by atoms with van der Waals surface area (Å²) in [7, 11) is 1.74. The van der Waals surface area contributed by atoms with Gasteiger partial charge in [-0.1, -0.05) is 30.3 Å². The van der Waals surface area contributed by atoms with Crippen LogP contribution in [0.3, 0.4) is 0 Å². The van der Waals surface area contributed by atoms with Crippen LogP contribution in [0.2, 0.25) is 0 Å². The van der Waals surface area contributed by atoms with E-state index in [1.54, 1.807) is 11.7 Å². The lowest BCUT2D eigenvalue weighted by atomic mass is 10.0. The first-order valence-electron chi connectivity index (χ1n) is 8.85. The van der Waals surface area contributed by atoms with E-state index in [1.165, 1.54) is 17.1 Å². The molecule has 3 aromatic rings. The predicted molar refractivity (Wildman–Crippen MR) is 97.4 cm³/mol.